The lowest BCUT2D eigenvalue weighted by atomic mass is 10.1. The van der Waals surface area contributed by atoms with Crippen molar-refractivity contribution in [2.75, 3.05) is 11.9 Å². The third-order valence-corrected chi connectivity index (χ3v) is 4.84. The second kappa shape index (κ2) is 9.52. The van der Waals surface area contributed by atoms with Gasteiger partial charge in [-0.1, -0.05) is 39.0 Å². The number of para-hydroxylation sites is 1. The summed E-state index contributed by atoms with van der Waals surface area (Å²) in [5.41, 5.74) is 3.61. The first kappa shape index (κ1) is 19.4. The highest BCUT2D eigenvalue weighted by Crippen LogP contribution is 2.23. The van der Waals surface area contributed by atoms with Crippen LogP contribution < -0.4 is 5.32 Å². The van der Waals surface area contributed by atoms with Crippen molar-refractivity contribution in [3.63, 3.8) is 0 Å². The van der Waals surface area contributed by atoms with Crippen molar-refractivity contribution in [2.45, 2.75) is 46.6 Å². The molecular weight excluding hydrogens is 326 g/mol. The molecule has 134 valence electrons. The number of aryl methyl sites for hydroxylation is 1. The third kappa shape index (κ3) is 5.53. The van der Waals surface area contributed by atoms with Crippen molar-refractivity contribution in [1.82, 2.24) is 9.88 Å². The van der Waals surface area contributed by atoms with Gasteiger partial charge in [-0.25, -0.2) is 0 Å². The molecule has 1 aromatic carbocycles. The molecule has 0 aliphatic rings. The van der Waals surface area contributed by atoms with E-state index in [1.165, 1.54) is 11.1 Å². The smallest absolute Gasteiger partial charge is 0.173 e. The largest absolute Gasteiger partial charge is 0.342 e. The zero-order valence-electron chi connectivity index (χ0n) is 15.7. The lowest BCUT2D eigenvalue weighted by Crippen LogP contribution is -2.38. The first-order valence-electron chi connectivity index (χ1n) is 9.08. The maximum atomic E-state index is 5.79. The number of thiocarbonyl (C=S) groups is 1. The van der Waals surface area contributed by atoms with E-state index in [-0.39, 0.29) is 6.04 Å². The molecule has 2 rings (SSSR count). The Morgan fingerprint density at radius 1 is 1.12 bits per heavy atom. The van der Waals surface area contributed by atoms with Crippen LogP contribution in [0.2, 0.25) is 0 Å². The highest BCUT2D eigenvalue weighted by molar-refractivity contribution is 7.80. The van der Waals surface area contributed by atoms with Crippen LogP contribution in [0, 0.1) is 5.92 Å². The Kier molecular flexibility index (Phi) is 7.38. The Balaban J connectivity index is 2.20. The van der Waals surface area contributed by atoms with Crippen molar-refractivity contribution in [3.05, 3.63) is 59.9 Å². The van der Waals surface area contributed by atoms with Gasteiger partial charge in [0.1, 0.15) is 0 Å². The highest BCUT2D eigenvalue weighted by atomic mass is 32.1. The van der Waals surface area contributed by atoms with E-state index in [4.69, 9.17) is 12.2 Å². The monoisotopic (exact) mass is 355 g/mol. The fourth-order valence-corrected chi connectivity index (χ4v) is 3.19. The van der Waals surface area contributed by atoms with Gasteiger partial charge in [0.25, 0.3) is 0 Å². The number of hydrogen-bond donors (Lipinski definition) is 1. The summed E-state index contributed by atoms with van der Waals surface area (Å²) in [4.78, 5) is 6.42. The molecule has 1 N–H and O–H groups in total. The molecule has 0 aliphatic heterocycles. The van der Waals surface area contributed by atoms with E-state index in [1.807, 2.05) is 12.4 Å². The number of aromatic nitrogens is 1. The second-order valence-corrected chi connectivity index (χ2v) is 7.16. The molecule has 4 heteroatoms. The average molecular weight is 356 g/mol. The predicted octanol–water partition coefficient (Wildman–Crippen LogP) is 5.45. The quantitative estimate of drug-likeness (QED) is 0.669. The summed E-state index contributed by atoms with van der Waals surface area (Å²) in [6.07, 6.45) is 5.77. The van der Waals surface area contributed by atoms with Crippen molar-refractivity contribution < 1.29 is 0 Å². The minimum atomic E-state index is 0.204. The van der Waals surface area contributed by atoms with Crippen molar-refractivity contribution in [1.29, 1.82) is 0 Å². The van der Waals surface area contributed by atoms with E-state index in [1.54, 1.807) is 0 Å². The molecule has 1 atom stereocenters. The molecule has 3 nitrogen and oxygen atoms in total. The maximum Gasteiger partial charge on any atom is 0.173 e. The van der Waals surface area contributed by atoms with Gasteiger partial charge in [0.15, 0.2) is 5.11 Å². The van der Waals surface area contributed by atoms with Crippen LogP contribution in [0.1, 0.15) is 51.3 Å². The number of hydrogen-bond acceptors (Lipinski definition) is 2. The second-order valence-electron chi connectivity index (χ2n) is 6.77. The highest BCUT2D eigenvalue weighted by Gasteiger charge is 2.19. The van der Waals surface area contributed by atoms with Gasteiger partial charge in [0, 0.05) is 24.6 Å². The average Bonchev–Trinajstić information content (AvgIpc) is 2.62. The van der Waals surface area contributed by atoms with E-state index in [9.17, 15) is 0 Å². The van der Waals surface area contributed by atoms with Gasteiger partial charge in [0.05, 0.1) is 6.04 Å². The Bertz CT molecular complexity index is 670. The Hall–Kier alpha value is -1.94. The van der Waals surface area contributed by atoms with Crippen molar-refractivity contribution in [3.8, 4) is 0 Å². The molecule has 25 heavy (non-hydrogen) atoms. The molecule has 0 saturated heterocycles. The van der Waals surface area contributed by atoms with Gasteiger partial charge in [-0.2, -0.15) is 0 Å². The summed E-state index contributed by atoms with van der Waals surface area (Å²) in [6, 6.07) is 12.7. The standard InChI is InChI=1S/C21H29N3S/c1-5-18-8-6-7-9-20(18)23-21(25)24(15-12-16(2)3)17(4)19-10-13-22-14-11-19/h6-11,13-14,16-17H,5,12,15H2,1-4H3,(H,23,25)/t17-/m0/s1. The molecule has 0 aliphatic carbocycles. The summed E-state index contributed by atoms with van der Waals surface area (Å²) in [5.74, 6) is 0.637. The molecule has 2 aromatic rings. The van der Waals surface area contributed by atoms with Gasteiger partial charge in [-0.05, 0) is 67.2 Å². The normalized spacial score (nSPS) is 12.0. The number of rotatable bonds is 7. The number of benzene rings is 1. The SMILES string of the molecule is CCc1ccccc1NC(=S)N(CCC(C)C)[C@@H](C)c1ccncc1. The summed E-state index contributed by atoms with van der Waals surface area (Å²) in [6.45, 7) is 9.80. The molecule has 0 bridgehead atoms. The van der Waals surface area contributed by atoms with Gasteiger partial charge in [-0.15, -0.1) is 0 Å². The molecule has 0 fully saturated rings. The zero-order chi connectivity index (χ0) is 18.2. The van der Waals surface area contributed by atoms with Crippen LogP contribution >= 0.6 is 12.2 Å². The third-order valence-electron chi connectivity index (χ3n) is 4.50. The molecule has 0 spiro atoms. The molecule has 1 aromatic heterocycles. The Morgan fingerprint density at radius 3 is 2.44 bits per heavy atom. The number of anilines is 1. The summed E-state index contributed by atoms with van der Waals surface area (Å²) in [7, 11) is 0. The van der Waals surface area contributed by atoms with E-state index in [0.29, 0.717) is 5.92 Å². The van der Waals surface area contributed by atoms with Crippen LogP contribution in [0.4, 0.5) is 5.69 Å². The minimum absolute atomic E-state index is 0.204. The lowest BCUT2D eigenvalue weighted by molar-refractivity contribution is 0.318. The van der Waals surface area contributed by atoms with Gasteiger partial charge in [0.2, 0.25) is 0 Å². The summed E-state index contributed by atoms with van der Waals surface area (Å²) >= 11 is 5.79. The van der Waals surface area contributed by atoms with Gasteiger partial charge in [-0.3, -0.25) is 4.98 Å². The first-order chi connectivity index (χ1) is 12.0. The zero-order valence-corrected chi connectivity index (χ0v) is 16.5. The molecule has 0 saturated carbocycles. The van der Waals surface area contributed by atoms with Crippen LogP contribution in [-0.2, 0) is 6.42 Å². The molecule has 0 unspecified atom stereocenters. The van der Waals surface area contributed by atoms with Crippen LogP contribution in [0.5, 0.6) is 0 Å². The number of nitrogens with one attached hydrogen (secondary N) is 1. The fraction of sp³-hybridized carbons (Fsp3) is 0.429. The summed E-state index contributed by atoms with van der Waals surface area (Å²) < 4.78 is 0. The molecular formula is C21H29N3S. The molecule has 0 amide bonds. The van der Waals surface area contributed by atoms with Gasteiger partial charge >= 0.3 is 0 Å². The van der Waals surface area contributed by atoms with Gasteiger partial charge < -0.3 is 10.2 Å². The maximum absolute atomic E-state index is 5.79. The van der Waals surface area contributed by atoms with Crippen LogP contribution in [0.15, 0.2) is 48.8 Å². The van der Waals surface area contributed by atoms with Crippen molar-refractivity contribution in [2.24, 2.45) is 5.92 Å². The van der Waals surface area contributed by atoms with E-state index in [0.717, 1.165) is 30.2 Å². The first-order valence-corrected chi connectivity index (χ1v) is 9.49. The fourth-order valence-electron chi connectivity index (χ4n) is 2.83. The molecule has 1 heterocycles. The van der Waals surface area contributed by atoms with Crippen LogP contribution in [-0.4, -0.2) is 21.5 Å². The number of nitrogens with zero attached hydrogens (tertiary/aromatic N) is 2. The number of pyridine rings is 1. The Morgan fingerprint density at radius 2 is 1.80 bits per heavy atom. The lowest BCUT2D eigenvalue weighted by Gasteiger charge is -2.33. The topological polar surface area (TPSA) is 28.2 Å². The van der Waals surface area contributed by atoms with Crippen molar-refractivity contribution >= 4 is 23.0 Å². The van der Waals surface area contributed by atoms with E-state index in [2.05, 4.69) is 79.3 Å². The summed E-state index contributed by atoms with van der Waals surface area (Å²) in [5, 5.41) is 4.26. The van der Waals surface area contributed by atoms with Crippen LogP contribution in [0.3, 0.4) is 0 Å². The minimum Gasteiger partial charge on any atom is -0.342 e. The Labute approximate surface area is 157 Å². The molecule has 0 radical (unpaired) electrons. The predicted molar refractivity (Wildman–Crippen MR) is 111 cm³/mol. The van der Waals surface area contributed by atoms with Crippen LogP contribution in [0.25, 0.3) is 0 Å². The van der Waals surface area contributed by atoms with E-state index < -0.39 is 0 Å². The van der Waals surface area contributed by atoms with E-state index >= 15 is 0 Å².